The Morgan fingerprint density at radius 3 is 2.06 bits per heavy atom. The largest absolute Gasteiger partial charge is 0.471 e. The number of hydrogen-bond donors (Lipinski definition) is 1. The van der Waals surface area contributed by atoms with Crippen LogP contribution in [0, 0.1) is 0 Å². The van der Waals surface area contributed by atoms with E-state index in [1.54, 1.807) is 36.4 Å². The van der Waals surface area contributed by atoms with Gasteiger partial charge in [0.05, 0.1) is 21.0 Å². The van der Waals surface area contributed by atoms with E-state index in [0.717, 1.165) is 12.6 Å². The van der Waals surface area contributed by atoms with Gasteiger partial charge >= 0.3 is 18.2 Å². The van der Waals surface area contributed by atoms with Gasteiger partial charge in [0.25, 0.3) is 0 Å². The van der Waals surface area contributed by atoms with Crippen molar-refractivity contribution < 1.29 is 32.3 Å². The lowest BCUT2D eigenvalue weighted by Gasteiger charge is -2.45. The lowest BCUT2D eigenvalue weighted by Crippen LogP contribution is -2.56. The van der Waals surface area contributed by atoms with Crippen LogP contribution in [-0.4, -0.2) is 79.1 Å². The first-order chi connectivity index (χ1) is 22.2. The molecular formula is C34H37Cl2F3N4O4. The van der Waals surface area contributed by atoms with Gasteiger partial charge in [-0.1, -0.05) is 77.8 Å². The molecule has 1 aliphatic rings. The van der Waals surface area contributed by atoms with Crippen molar-refractivity contribution in [3.63, 3.8) is 0 Å². The fraction of sp³-hybridized carbons (Fsp3) is 0.382. The first kappa shape index (κ1) is 36.0. The van der Waals surface area contributed by atoms with Gasteiger partial charge < -0.3 is 20.3 Å². The van der Waals surface area contributed by atoms with E-state index in [1.807, 2.05) is 30.3 Å². The number of nitrogens with zero attached hydrogens (tertiary/aromatic N) is 3. The zero-order valence-corrected chi connectivity index (χ0v) is 27.6. The van der Waals surface area contributed by atoms with Crippen molar-refractivity contribution in [3.05, 3.63) is 100 Å². The van der Waals surface area contributed by atoms with Gasteiger partial charge in [0.1, 0.15) is 5.75 Å². The standard InChI is InChI=1S/C34H37Cl2F3N4O4/c1-41(30(45)34(37,38)39)23-33(25-14-15-27(35)28(36)22-25,42(2)31(46)47-26-12-7-4-8-13-26)16-9-19-43-20-17-32(18-21-43,29(40)44)24-10-5-3-6-11-24/h3-8,10-15,22H,9,16-21,23H2,1-2H3,(H2,40,44)/t33-/m1/s1. The second kappa shape index (κ2) is 15.0. The van der Waals surface area contributed by atoms with Crippen molar-refractivity contribution in [2.24, 2.45) is 5.73 Å². The molecular weight excluding hydrogens is 656 g/mol. The number of para-hydroxylation sites is 1. The van der Waals surface area contributed by atoms with E-state index in [1.165, 1.54) is 24.1 Å². The van der Waals surface area contributed by atoms with E-state index < -0.39 is 41.6 Å². The Kier molecular flexibility index (Phi) is 11.5. The Labute approximate surface area is 282 Å². The van der Waals surface area contributed by atoms with Crippen molar-refractivity contribution in [2.45, 2.75) is 42.8 Å². The Balaban J connectivity index is 1.64. The van der Waals surface area contributed by atoms with E-state index in [0.29, 0.717) is 49.4 Å². The van der Waals surface area contributed by atoms with Gasteiger partial charge in [-0.05, 0) is 80.7 Å². The van der Waals surface area contributed by atoms with Gasteiger partial charge in [0.2, 0.25) is 5.91 Å². The molecule has 1 heterocycles. The second-order valence-electron chi connectivity index (χ2n) is 11.8. The Hall–Kier alpha value is -3.80. The van der Waals surface area contributed by atoms with E-state index in [-0.39, 0.29) is 22.2 Å². The van der Waals surface area contributed by atoms with Crippen molar-refractivity contribution in [2.75, 3.05) is 40.3 Å². The molecule has 0 unspecified atom stereocenters. The summed E-state index contributed by atoms with van der Waals surface area (Å²) < 4.78 is 46.4. The highest BCUT2D eigenvalue weighted by atomic mass is 35.5. The summed E-state index contributed by atoms with van der Waals surface area (Å²) in [6.07, 6.45) is -4.47. The van der Waals surface area contributed by atoms with Crippen LogP contribution < -0.4 is 10.5 Å². The number of nitrogens with two attached hydrogens (primary N) is 1. The molecule has 0 radical (unpaired) electrons. The summed E-state index contributed by atoms with van der Waals surface area (Å²) in [4.78, 5) is 42.6. The minimum Gasteiger partial charge on any atom is -0.410 e. The van der Waals surface area contributed by atoms with Gasteiger partial charge in [-0.3, -0.25) is 14.5 Å². The molecule has 47 heavy (non-hydrogen) atoms. The quantitative estimate of drug-likeness (QED) is 0.243. The van der Waals surface area contributed by atoms with Crippen LogP contribution in [-0.2, 0) is 20.5 Å². The highest BCUT2D eigenvalue weighted by Gasteiger charge is 2.47. The third kappa shape index (κ3) is 8.20. The van der Waals surface area contributed by atoms with Crippen LogP contribution in [0.3, 0.4) is 0 Å². The van der Waals surface area contributed by atoms with E-state index in [9.17, 15) is 27.6 Å². The number of carbonyl (C=O) groups is 3. The molecule has 0 aromatic heterocycles. The average Bonchev–Trinajstić information content (AvgIpc) is 3.05. The monoisotopic (exact) mass is 692 g/mol. The number of primary amides is 1. The Morgan fingerprint density at radius 1 is 0.915 bits per heavy atom. The number of likely N-dealkylation sites (tertiary alicyclic amines) is 1. The molecule has 3 aromatic carbocycles. The van der Waals surface area contributed by atoms with E-state index >= 15 is 0 Å². The molecule has 0 spiro atoms. The molecule has 3 aromatic rings. The number of piperidine rings is 1. The number of likely N-dealkylation sites (N-methyl/N-ethyl adjacent to an activating group) is 2. The van der Waals surface area contributed by atoms with Crippen LogP contribution >= 0.6 is 23.2 Å². The fourth-order valence-corrected chi connectivity index (χ4v) is 6.57. The summed E-state index contributed by atoms with van der Waals surface area (Å²) in [5.74, 6) is -2.22. The number of carbonyl (C=O) groups excluding carboxylic acids is 3. The molecule has 1 fully saturated rings. The molecule has 1 aliphatic heterocycles. The summed E-state index contributed by atoms with van der Waals surface area (Å²) in [5.41, 5.74) is 4.81. The van der Waals surface area contributed by atoms with Crippen molar-refractivity contribution in [1.82, 2.24) is 14.7 Å². The SMILES string of the molecule is CN(C[C@](CCCN1CCC(C(N)=O)(c2ccccc2)CC1)(c1ccc(Cl)c(Cl)c1)N(C)C(=O)Oc1ccccc1)C(=O)C(F)(F)F. The van der Waals surface area contributed by atoms with Crippen LogP contribution in [0.2, 0.25) is 10.0 Å². The third-order valence-corrected chi connectivity index (χ3v) is 9.72. The molecule has 0 saturated carbocycles. The molecule has 4 rings (SSSR count). The topological polar surface area (TPSA) is 96.2 Å². The first-order valence-electron chi connectivity index (χ1n) is 15.1. The molecule has 252 valence electrons. The van der Waals surface area contributed by atoms with Crippen molar-refractivity contribution >= 4 is 41.1 Å². The summed E-state index contributed by atoms with van der Waals surface area (Å²) in [6.45, 7) is 1.07. The number of hydrogen-bond acceptors (Lipinski definition) is 5. The normalized spacial score (nSPS) is 16.1. The zero-order valence-electron chi connectivity index (χ0n) is 26.1. The lowest BCUT2D eigenvalue weighted by molar-refractivity contribution is -0.185. The summed E-state index contributed by atoms with van der Waals surface area (Å²) in [6, 6.07) is 22.2. The predicted octanol–water partition coefficient (Wildman–Crippen LogP) is 6.64. The van der Waals surface area contributed by atoms with Crippen LogP contribution in [0.25, 0.3) is 0 Å². The summed E-state index contributed by atoms with van der Waals surface area (Å²) in [5, 5.41) is 0.339. The number of alkyl halides is 3. The summed E-state index contributed by atoms with van der Waals surface area (Å²) in [7, 11) is 2.46. The Bertz CT molecular complexity index is 1550. The zero-order chi connectivity index (χ0) is 34.4. The molecule has 0 bridgehead atoms. The first-order valence-corrected chi connectivity index (χ1v) is 15.8. The minimum atomic E-state index is -5.14. The van der Waals surface area contributed by atoms with E-state index in [2.05, 4.69) is 4.90 Å². The predicted molar refractivity (Wildman–Crippen MR) is 174 cm³/mol. The molecule has 0 aliphatic carbocycles. The second-order valence-corrected chi connectivity index (χ2v) is 12.6. The van der Waals surface area contributed by atoms with Crippen LogP contribution in [0.1, 0.15) is 36.8 Å². The summed E-state index contributed by atoms with van der Waals surface area (Å²) >= 11 is 12.6. The number of benzene rings is 3. The highest BCUT2D eigenvalue weighted by molar-refractivity contribution is 6.42. The number of ether oxygens (including phenoxy) is 1. The van der Waals surface area contributed by atoms with Gasteiger partial charge in [-0.25, -0.2) is 4.79 Å². The average molecular weight is 694 g/mol. The van der Waals surface area contributed by atoms with Gasteiger partial charge in [0.15, 0.2) is 0 Å². The molecule has 1 atom stereocenters. The highest BCUT2D eigenvalue weighted by Crippen LogP contribution is 2.39. The van der Waals surface area contributed by atoms with Crippen molar-refractivity contribution in [1.29, 1.82) is 0 Å². The molecule has 3 amide bonds. The van der Waals surface area contributed by atoms with E-state index in [4.69, 9.17) is 33.7 Å². The van der Waals surface area contributed by atoms with Gasteiger partial charge in [-0.15, -0.1) is 0 Å². The Morgan fingerprint density at radius 2 is 1.51 bits per heavy atom. The number of rotatable bonds is 11. The molecule has 13 heteroatoms. The molecule has 2 N–H and O–H groups in total. The maximum atomic E-state index is 13.6. The lowest BCUT2D eigenvalue weighted by atomic mass is 9.72. The van der Waals surface area contributed by atoms with Crippen LogP contribution in [0.15, 0.2) is 78.9 Å². The third-order valence-electron chi connectivity index (χ3n) is 8.98. The smallest absolute Gasteiger partial charge is 0.410 e. The van der Waals surface area contributed by atoms with Gasteiger partial charge in [-0.2, -0.15) is 13.2 Å². The van der Waals surface area contributed by atoms with Gasteiger partial charge in [0, 0.05) is 20.6 Å². The minimum absolute atomic E-state index is 0.122. The number of amides is 3. The maximum Gasteiger partial charge on any atom is 0.471 e. The van der Waals surface area contributed by atoms with Crippen LogP contribution in [0.4, 0.5) is 18.0 Å². The molecule has 8 nitrogen and oxygen atoms in total. The van der Waals surface area contributed by atoms with Crippen molar-refractivity contribution in [3.8, 4) is 5.75 Å². The number of halogens is 5. The fourth-order valence-electron chi connectivity index (χ4n) is 6.27. The molecule has 1 saturated heterocycles. The van der Waals surface area contributed by atoms with Crippen LogP contribution in [0.5, 0.6) is 5.75 Å². The maximum absolute atomic E-state index is 13.6.